The van der Waals surface area contributed by atoms with Gasteiger partial charge in [-0.3, -0.25) is 9.59 Å². The first-order valence-electron chi connectivity index (χ1n) is 6.14. The second kappa shape index (κ2) is 6.45. The van der Waals surface area contributed by atoms with E-state index in [0.29, 0.717) is 28.3 Å². The van der Waals surface area contributed by atoms with Crippen LogP contribution in [0, 0.1) is 0 Å². The van der Waals surface area contributed by atoms with Crippen molar-refractivity contribution in [3.8, 4) is 5.75 Å². The summed E-state index contributed by atoms with van der Waals surface area (Å²) in [5.41, 5.74) is 0. The van der Waals surface area contributed by atoms with E-state index in [-0.39, 0.29) is 18.4 Å². The van der Waals surface area contributed by atoms with E-state index in [1.54, 1.807) is 25.1 Å². The Kier molecular flexibility index (Phi) is 4.88. The average molecular weight is 362 g/mol. The topological polar surface area (TPSA) is 58.6 Å². The van der Waals surface area contributed by atoms with Crippen LogP contribution in [-0.4, -0.2) is 42.5 Å². The van der Waals surface area contributed by atoms with Gasteiger partial charge in [-0.2, -0.15) is 0 Å². The number of halogens is 2. The summed E-state index contributed by atoms with van der Waals surface area (Å²) < 4.78 is 6.30. The molecule has 1 aliphatic rings. The van der Waals surface area contributed by atoms with Gasteiger partial charge in [0.2, 0.25) is 5.91 Å². The molecule has 5 nitrogen and oxygen atoms in total. The molecule has 0 bridgehead atoms. The van der Waals surface area contributed by atoms with Gasteiger partial charge in [0.25, 0.3) is 5.91 Å². The number of hydrogen-bond donors (Lipinski definition) is 1. The molecular formula is C13H14BrClN2O3. The molecule has 0 aliphatic carbocycles. The largest absolute Gasteiger partial charge is 0.480 e. The van der Waals surface area contributed by atoms with Crippen LogP contribution in [0.5, 0.6) is 5.75 Å². The molecule has 20 heavy (non-hydrogen) atoms. The lowest BCUT2D eigenvalue weighted by Gasteiger charge is -2.29. The predicted octanol–water partition coefficient (Wildman–Crippen LogP) is 1.83. The Morgan fingerprint density at radius 1 is 1.55 bits per heavy atom. The van der Waals surface area contributed by atoms with Crippen LogP contribution in [0.3, 0.4) is 0 Å². The summed E-state index contributed by atoms with van der Waals surface area (Å²) in [7, 11) is 0. The SMILES string of the molecule is C[C@@H](Oc1ccc(Cl)cc1Br)C(=O)N1CCNC(=O)C1. The third-order valence-corrected chi connectivity index (χ3v) is 3.75. The van der Waals surface area contributed by atoms with Gasteiger partial charge in [0.15, 0.2) is 6.10 Å². The van der Waals surface area contributed by atoms with Crippen LogP contribution in [0.2, 0.25) is 5.02 Å². The monoisotopic (exact) mass is 360 g/mol. The van der Waals surface area contributed by atoms with E-state index >= 15 is 0 Å². The third kappa shape index (κ3) is 3.64. The third-order valence-electron chi connectivity index (χ3n) is 2.90. The van der Waals surface area contributed by atoms with E-state index in [1.807, 2.05) is 0 Å². The maximum atomic E-state index is 12.2. The fourth-order valence-electron chi connectivity index (χ4n) is 1.90. The summed E-state index contributed by atoms with van der Waals surface area (Å²) in [6.07, 6.45) is -0.668. The lowest BCUT2D eigenvalue weighted by Crippen LogP contribution is -2.53. The molecule has 0 saturated carbocycles. The molecule has 1 aliphatic heterocycles. The molecule has 0 spiro atoms. The van der Waals surface area contributed by atoms with Crippen LogP contribution >= 0.6 is 27.5 Å². The van der Waals surface area contributed by atoms with Crippen molar-refractivity contribution < 1.29 is 14.3 Å². The summed E-state index contributed by atoms with van der Waals surface area (Å²) >= 11 is 9.18. The Balaban J connectivity index is 2.01. The van der Waals surface area contributed by atoms with Crippen LogP contribution in [0.4, 0.5) is 0 Å². The lowest BCUT2D eigenvalue weighted by molar-refractivity contribution is -0.143. The standard InChI is InChI=1S/C13H14BrClN2O3/c1-8(13(19)17-5-4-16-12(18)7-17)20-11-3-2-9(15)6-10(11)14/h2-3,6,8H,4-5,7H2,1H3,(H,16,18)/t8-/m1/s1. The van der Waals surface area contributed by atoms with Crippen molar-refractivity contribution >= 4 is 39.3 Å². The van der Waals surface area contributed by atoms with E-state index < -0.39 is 6.10 Å². The van der Waals surface area contributed by atoms with Crippen molar-refractivity contribution in [2.45, 2.75) is 13.0 Å². The highest BCUT2D eigenvalue weighted by molar-refractivity contribution is 9.10. The van der Waals surface area contributed by atoms with Crippen LogP contribution in [-0.2, 0) is 9.59 Å². The molecule has 2 rings (SSSR count). The van der Waals surface area contributed by atoms with Crippen molar-refractivity contribution in [3.63, 3.8) is 0 Å². The highest BCUT2D eigenvalue weighted by Gasteiger charge is 2.26. The molecule has 1 aromatic rings. The van der Waals surface area contributed by atoms with Gasteiger partial charge in [-0.25, -0.2) is 0 Å². The number of nitrogens with zero attached hydrogens (tertiary/aromatic N) is 1. The van der Waals surface area contributed by atoms with Crippen molar-refractivity contribution in [3.05, 3.63) is 27.7 Å². The minimum Gasteiger partial charge on any atom is -0.480 e. The average Bonchev–Trinajstić information content (AvgIpc) is 2.41. The molecule has 1 aromatic carbocycles. The Bertz CT molecular complexity index is 538. The van der Waals surface area contributed by atoms with Gasteiger partial charge in [0, 0.05) is 18.1 Å². The number of rotatable bonds is 3. The van der Waals surface area contributed by atoms with Gasteiger partial charge >= 0.3 is 0 Å². The highest BCUT2D eigenvalue weighted by atomic mass is 79.9. The van der Waals surface area contributed by atoms with Gasteiger partial charge in [0.05, 0.1) is 11.0 Å². The van der Waals surface area contributed by atoms with Gasteiger partial charge in [-0.1, -0.05) is 11.6 Å². The molecular weight excluding hydrogens is 348 g/mol. The van der Waals surface area contributed by atoms with Crippen LogP contribution in [0.25, 0.3) is 0 Å². The quantitative estimate of drug-likeness (QED) is 0.893. The first kappa shape index (κ1) is 15.1. The first-order chi connectivity index (χ1) is 9.47. The highest BCUT2D eigenvalue weighted by Crippen LogP contribution is 2.28. The van der Waals surface area contributed by atoms with E-state index in [4.69, 9.17) is 16.3 Å². The molecule has 108 valence electrons. The number of nitrogens with one attached hydrogen (secondary N) is 1. The van der Waals surface area contributed by atoms with E-state index in [1.165, 1.54) is 4.90 Å². The summed E-state index contributed by atoms with van der Waals surface area (Å²) in [5, 5.41) is 3.25. The van der Waals surface area contributed by atoms with E-state index in [0.717, 1.165) is 0 Å². The fourth-order valence-corrected chi connectivity index (χ4v) is 2.67. The number of carbonyl (C=O) groups excluding carboxylic acids is 2. The zero-order chi connectivity index (χ0) is 14.7. The van der Waals surface area contributed by atoms with E-state index in [9.17, 15) is 9.59 Å². The van der Waals surface area contributed by atoms with Crippen molar-refractivity contribution in [2.24, 2.45) is 0 Å². The Morgan fingerprint density at radius 3 is 2.95 bits per heavy atom. The molecule has 1 N–H and O–H groups in total. The number of amides is 2. The number of benzene rings is 1. The second-order valence-electron chi connectivity index (χ2n) is 4.44. The minimum absolute atomic E-state index is 0.0777. The second-order valence-corrected chi connectivity index (χ2v) is 5.74. The van der Waals surface area contributed by atoms with Gasteiger partial charge < -0.3 is 15.0 Å². The van der Waals surface area contributed by atoms with Gasteiger partial charge in [0.1, 0.15) is 5.75 Å². The molecule has 1 atom stereocenters. The smallest absolute Gasteiger partial charge is 0.263 e. The normalized spacial score (nSPS) is 16.6. The van der Waals surface area contributed by atoms with Crippen molar-refractivity contribution in [1.29, 1.82) is 0 Å². The molecule has 0 unspecified atom stereocenters. The van der Waals surface area contributed by atoms with Gasteiger partial charge in [-0.15, -0.1) is 0 Å². The maximum absolute atomic E-state index is 12.2. The summed E-state index contributed by atoms with van der Waals surface area (Å²) in [6.45, 7) is 2.71. The predicted molar refractivity (Wildman–Crippen MR) is 78.8 cm³/mol. The van der Waals surface area contributed by atoms with Crippen molar-refractivity contribution in [2.75, 3.05) is 19.6 Å². The zero-order valence-electron chi connectivity index (χ0n) is 10.9. The first-order valence-corrected chi connectivity index (χ1v) is 7.31. The molecule has 7 heteroatoms. The number of carbonyl (C=O) groups is 2. The number of hydrogen-bond acceptors (Lipinski definition) is 3. The molecule has 1 heterocycles. The fraction of sp³-hybridized carbons (Fsp3) is 0.385. The molecule has 1 saturated heterocycles. The van der Waals surface area contributed by atoms with Crippen molar-refractivity contribution in [1.82, 2.24) is 10.2 Å². The maximum Gasteiger partial charge on any atom is 0.263 e. The molecule has 0 aromatic heterocycles. The van der Waals surface area contributed by atoms with Crippen LogP contribution < -0.4 is 10.1 Å². The molecule has 0 radical (unpaired) electrons. The van der Waals surface area contributed by atoms with Crippen LogP contribution in [0.15, 0.2) is 22.7 Å². The molecule has 1 fully saturated rings. The zero-order valence-corrected chi connectivity index (χ0v) is 13.2. The van der Waals surface area contributed by atoms with Gasteiger partial charge in [-0.05, 0) is 41.1 Å². The Hall–Kier alpha value is -1.27. The summed E-state index contributed by atoms with van der Waals surface area (Å²) in [5.74, 6) is 0.183. The lowest BCUT2D eigenvalue weighted by atomic mass is 10.2. The number of piperazine rings is 1. The Labute approximate surface area is 130 Å². The summed E-state index contributed by atoms with van der Waals surface area (Å²) in [4.78, 5) is 25.0. The Morgan fingerprint density at radius 2 is 2.30 bits per heavy atom. The van der Waals surface area contributed by atoms with Crippen LogP contribution in [0.1, 0.15) is 6.92 Å². The summed E-state index contributed by atoms with van der Waals surface area (Å²) in [6, 6.07) is 5.08. The number of ether oxygens (including phenoxy) is 1. The minimum atomic E-state index is -0.668. The molecule has 2 amide bonds. The van der Waals surface area contributed by atoms with E-state index in [2.05, 4.69) is 21.2 Å².